The van der Waals surface area contributed by atoms with Crippen LogP contribution in [0.15, 0.2) is 95.1 Å². The van der Waals surface area contributed by atoms with Gasteiger partial charge in [-0.1, -0.05) is 54.1 Å². The molecule has 0 amide bonds. The van der Waals surface area contributed by atoms with Crippen LogP contribution in [0.5, 0.6) is 0 Å². The van der Waals surface area contributed by atoms with Crippen LogP contribution in [0, 0.1) is 0 Å². The highest BCUT2D eigenvalue weighted by Crippen LogP contribution is 2.25. The fraction of sp³-hybridized carbons (Fsp3) is 0. The van der Waals surface area contributed by atoms with Gasteiger partial charge in [-0.05, 0) is 42.0 Å². The van der Waals surface area contributed by atoms with E-state index in [2.05, 4.69) is 10.1 Å². The average molecular weight is 451 g/mol. The lowest BCUT2D eigenvalue weighted by Gasteiger charge is -2.04. The predicted molar refractivity (Wildman–Crippen MR) is 130 cm³/mol. The van der Waals surface area contributed by atoms with Crippen molar-refractivity contribution in [1.29, 1.82) is 0 Å². The molecule has 0 radical (unpaired) electrons. The first-order valence-electron chi connectivity index (χ1n) is 10.2. The third-order valence-electron chi connectivity index (χ3n) is 5.37. The van der Waals surface area contributed by atoms with E-state index < -0.39 is 0 Å². The molecule has 0 aliphatic rings. The van der Waals surface area contributed by atoms with E-state index in [9.17, 15) is 4.79 Å². The second-order valence-electron chi connectivity index (χ2n) is 7.45. The van der Waals surface area contributed by atoms with Crippen LogP contribution in [-0.2, 0) is 0 Å². The Morgan fingerprint density at radius 2 is 1.52 bits per heavy atom. The van der Waals surface area contributed by atoms with Crippen molar-refractivity contribution in [3.05, 3.63) is 106 Å². The van der Waals surface area contributed by atoms with Gasteiger partial charge in [-0.2, -0.15) is 9.78 Å². The first-order chi connectivity index (χ1) is 16.2. The molecule has 8 heteroatoms. The topological polar surface area (TPSA) is 78.0 Å². The van der Waals surface area contributed by atoms with Crippen LogP contribution in [0.4, 0.5) is 0 Å². The minimum Gasteiger partial charge on any atom is -0.268 e. The number of aromatic nitrogens is 5. The van der Waals surface area contributed by atoms with E-state index in [1.54, 1.807) is 23.0 Å². The molecular formula is C25H15ClN6O. The van der Waals surface area contributed by atoms with Gasteiger partial charge in [0.1, 0.15) is 17.2 Å². The van der Waals surface area contributed by atoms with Gasteiger partial charge >= 0.3 is 0 Å². The van der Waals surface area contributed by atoms with Gasteiger partial charge in [0, 0.05) is 5.02 Å². The predicted octanol–water partition coefficient (Wildman–Crippen LogP) is 4.82. The summed E-state index contributed by atoms with van der Waals surface area (Å²) in [5.41, 5.74) is 4.05. The lowest BCUT2D eigenvalue weighted by Crippen LogP contribution is -2.18. The van der Waals surface area contributed by atoms with Crippen molar-refractivity contribution in [2.75, 3.05) is 0 Å². The van der Waals surface area contributed by atoms with Crippen molar-refractivity contribution in [2.45, 2.75) is 0 Å². The molecular weight excluding hydrogens is 436 g/mol. The van der Waals surface area contributed by atoms with Crippen molar-refractivity contribution in [2.24, 2.45) is 5.10 Å². The van der Waals surface area contributed by atoms with Crippen LogP contribution in [0.2, 0.25) is 5.02 Å². The minimum atomic E-state index is -0.235. The fourth-order valence-corrected chi connectivity index (χ4v) is 3.90. The summed E-state index contributed by atoms with van der Waals surface area (Å²) in [6.45, 7) is 0. The van der Waals surface area contributed by atoms with E-state index in [4.69, 9.17) is 21.6 Å². The molecule has 0 unspecified atom stereocenters. The Kier molecular flexibility index (Phi) is 4.48. The van der Waals surface area contributed by atoms with E-state index in [0.717, 1.165) is 11.3 Å². The van der Waals surface area contributed by atoms with E-state index in [0.29, 0.717) is 38.3 Å². The molecule has 0 N–H and O–H groups in total. The van der Waals surface area contributed by atoms with Gasteiger partial charge in [0.05, 0.1) is 22.9 Å². The van der Waals surface area contributed by atoms with E-state index in [1.165, 1.54) is 10.9 Å². The average Bonchev–Trinajstić information content (AvgIpc) is 3.16. The van der Waals surface area contributed by atoms with Crippen molar-refractivity contribution in [3.8, 4) is 5.69 Å². The van der Waals surface area contributed by atoms with E-state index in [-0.39, 0.29) is 5.56 Å². The number of hydrogen-bond donors (Lipinski definition) is 0. The molecule has 0 fully saturated rings. The lowest BCUT2D eigenvalue weighted by molar-refractivity contribution is 0.906. The molecule has 3 aromatic heterocycles. The summed E-state index contributed by atoms with van der Waals surface area (Å²) >= 11 is 5.99. The second-order valence-corrected chi connectivity index (χ2v) is 7.88. The molecule has 0 spiro atoms. The Hall–Kier alpha value is -4.36. The van der Waals surface area contributed by atoms with Crippen LogP contribution in [0.25, 0.3) is 38.9 Å². The molecule has 6 rings (SSSR count). The number of halogens is 1. The summed E-state index contributed by atoms with van der Waals surface area (Å²) in [5, 5.41) is 5.62. The van der Waals surface area contributed by atoms with Crippen LogP contribution in [0.3, 0.4) is 0 Å². The standard InChI is InChI=1S/C25H15ClN6O/c26-17-12-10-16(11-13-17)14-28-32-23-21(22-24(32)30-20-9-5-4-8-19(20)29-22)25(33)31(15-27-23)18-6-2-1-3-7-18/h1-15H/b28-14-. The molecule has 0 aliphatic heterocycles. The van der Waals surface area contributed by atoms with Gasteiger partial charge in [0.2, 0.25) is 0 Å². The molecule has 7 nitrogen and oxygen atoms in total. The van der Waals surface area contributed by atoms with Crippen LogP contribution >= 0.6 is 11.6 Å². The highest BCUT2D eigenvalue weighted by molar-refractivity contribution is 6.30. The highest BCUT2D eigenvalue weighted by Gasteiger charge is 2.20. The van der Waals surface area contributed by atoms with Crippen LogP contribution < -0.4 is 5.56 Å². The summed E-state index contributed by atoms with van der Waals surface area (Å²) in [6.07, 6.45) is 3.18. The largest absolute Gasteiger partial charge is 0.269 e. The van der Waals surface area contributed by atoms with Crippen molar-refractivity contribution in [1.82, 2.24) is 24.2 Å². The molecule has 0 aliphatic carbocycles. The van der Waals surface area contributed by atoms with E-state index >= 15 is 0 Å². The minimum absolute atomic E-state index is 0.235. The lowest BCUT2D eigenvalue weighted by atomic mass is 10.2. The first kappa shape index (κ1) is 19.3. The number of fused-ring (bicyclic) bond motifs is 4. The maximum atomic E-state index is 13.6. The van der Waals surface area contributed by atoms with Crippen LogP contribution in [0.1, 0.15) is 5.56 Å². The Morgan fingerprint density at radius 1 is 0.818 bits per heavy atom. The summed E-state index contributed by atoms with van der Waals surface area (Å²) < 4.78 is 3.07. The van der Waals surface area contributed by atoms with Crippen LogP contribution in [-0.4, -0.2) is 30.4 Å². The van der Waals surface area contributed by atoms with Crippen molar-refractivity contribution < 1.29 is 0 Å². The third kappa shape index (κ3) is 3.26. The smallest absolute Gasteiger partial charge is 0.268 e. The molecule has 0 atom stereocenters. The third-order valence-corrected chi connectivity index (χ3v) is 5.62. The second kappa shape index (κ2) is 7.65. The Balaban J connectivity index is 1.67. The summed E-state index contributed by atoms with van der Waals surface area (Å²) in [5.74, 6) is 0. The van der Waals surface area contributed by atoms with E-state index in [1.807, 2.05) is 66.7 Å². The van der Waals surface area contributed by atoms with Crippen molar-refractivity contribution in [3.63, 3.8) is 0 Å². The molecule has 3 aromatic carbocycles. The summed E-state index contributed by atoms with van der Waals surface area (Å²) in [4.78, 5) is 27.7. The zero-order valence-electron chi connectivity index (χ0n) is 17.1. The van der Waals surface area contributed by atoms with Gasteiger partial charge in [0.25, 0.3) is 5.56 Å². The number of hydrogen-bond acceptors (Lipinski definition) is 5. The number of para-hydroxylation sites is 3. The summed E-state index contributed by atoms with van der Waals surface area (Å²) in [6, 6.07) is 24.2. The summed E-state index contributed by atoms with van der Waals surface area (Å²) in [7, 11) is 0. The number of nitrogens with zero attached hydrogens (tertiary/aromatic N) is 6. The highest BCUT2D eigenvalue weighted by atomic mass is 35.5. The van der Waals surface area contributed by atoms with Gasteiger partial charge in [-0.25, -0.2) is 15.0 Å². The monoisotopic (exact) mass is 450 g/mol. The molecule has 0 bridgehead atoms. The fourth-order valence-electron chi connectivity index (χ4n) is 3.77. The van der Waals surface area contributed by atoms with Gasteiger partial charge in [0.15, 0.2) is 11.3 Å². The molecule has 3 heterocycles. The van der Waals surface area contributed by atoms with Gasteiger partial charge in [-0.15, -0.1) is 0 Å². The molecule has 33 heavy (non-hydrogen) atoms. The van der Waals surface area contributed by atoms with Gasteiger partial charge in [-0.3, -0.25) is 9.36 Å². The van der Waals surface area contributed by atoms with Crippen molar-refractivity contribution >= 4 is 51.0 Å². The normalized spacial score (nSPS) is 11.8. The Labute approximate surface area is 192 Å². The quantitative estimate of drug-likeness (QED) is 0.362. The molecule has 6 aromatic rings. The number of benzene rings is 3. The maximum absolute atomic E-state index is 13.6. The van der Waals surface area contributed by atoms with Gasteiger partial charge < -0.3 is 0 Å². The first-order valence-corrected chi connectivity index (χ1v) is 10.6. The number of rotatable bonds is 3. The maximum Gasteiger partial charge on any atom is 0.269 e. The SMILES string of the molecule is O=c1c2c3nc4ccccc4nc3n(/N=C\c3ccc(Cl)cc3)c2ncn1-c1ccccc1. The Morgan fingerprint density at radius 3 is 2.27 bits per heavy atom. The zero-order valence-corrected chi connectivity index (χ0v) is 17.9. The molecule has 158 valence electrons. The Bertz CT molecular complexity index is 1740. The zero-order chi connectivity index (χ0) is 22.4. The molecule has 0 saturated heterocycles. The molecule has 0 saturated carbocycles.